The molecule has 5 nitrogen and oxygen atoms in total. The van der Waals surface area contributed by atoms with Crippen LogP contribution in [-0.4, -0.2) is 42.6 Å². The number of thioether (sulfide) groups is 1. The maximum atomic E-state index is 10.5. The number of ether oxygens (including phenoxy) is 1. The van der Waals surface area contributed by atoms with Crippen LogP contribution < -0.4 is 11.1 Å². The van der Waals surface area contributed by atoms with Crippen LogP contribution in [0.5, 0.6) is 0 Å². The van der Waals surface area contributed by atoms with Gasteiger partial charge in [-0.3, -0.25) is 9.79 Å². The van der Waals surface area contributed by atoms with Gasteiger partial charge in [-0.05, 0) is 12.0 Å². The molecule has 0 aromatic heterocycles. The number of benzene rings is 1. The zero-order valence-electron chi connectivity index (χ0n) is 11.2. The van der Waals surface area contributed by atoms with Gasteiger partial charge in [-0.15, -0.1) is 0 Å². The molecular weight excluding hydrogens is 274 g/mol. The molecule has 3 N–H and O–H groups in total. The zero-order chi connectivity index (χ0) is 14.2. The van der Waals surface area contributed by atoms with Gasteiger partial charge in [0.15, 0.2) is 5.17 Å². The van der Waals surface area contributed by atoms with E-state index in [0.717, 1.165) is 17.3 Å². The Balaban J connectivity index is 1.68. The predicted molar refractivity (Wildman–Crippen MR) is 81.8 cm³/mol. The minimum absolute atomic E-state index is 0.0396. The van der Waals surface area contributed by atoms with Crippen molar-refractivity contribution in [3.05, 3.63) is 35.9 Å². The summed E-state index contributed by atoms with van der Waals surface area (Å²) in [7, 11) is 0. The number of amidine groups is 1. The summed E-state index contributed by atoms with van der Waals surface area (Å²) in [5, 5.41) is 4.36. The first-order chi connectivity index (χ1) is 9.74. The summed E-state index contributed by atoms with van der Waals surface area (Å²) in [5.41, 5.74) is 6.30. The highest BCUT2D eigenvalue weighted by atomic mass is 32.2. The number of nitrogens with two attached hydrogens (primary N) is 1. The second-order valence-corrected chi connectivity index (χ2v) is 5.56. The lowest BCUT2D eigenvalue weighted by molar-refractivity contribution is -0.122. The summed E-state index contributed by atoms with van der Waals surface area (Å²) in [6.07, 6.45) is 1.00. The van der Waals surface area contributed by atoms with Crippen LogP contribution in [0.1, 0.15) is 5.56 Å². The fraction of sp³-hybridized carbons (Fsp3) is 0.429. The number of aliphatic imine (C=N–C) groups is 1. The van der Waals surface area contributed by atoms with E-state index < -0.39 is 5.91 Å². The Labute approximate surface area is 123 Å². The molecule has 0 radical (unpaired) electrons. The molecule has 1 unspecified atom stereocenters. The minimum atomic E-state index is -0.450. The lowest BCUT2D eigenvalue weighted by atomic mass is 10.1. The van der Waals surface area contributed by atoms with E-state index >= 15 is 0 Å². The van der Waals surface area contributed by atoms with E-state index in [-0.39, 0.29) is 6.61 Å². The van der Waals surface area contributed by atoms with E-state index in [1.807, 2.05) is 6.07 Å². The smallest absolute Gasteiger partial charge is 0.243 e. The van der Waals surface area contributed by atoms with Crippen LogP contribution in [0.3, 0.4) is 0 Å². The molecule has 1 saturated heterocycles. The van der Waals surface area contributed by atoms with Crippen LogP contribution in [0.2, 0.25) is 0 Å². The van der Waals surface area contributed by atoms with Gasteiger partial charge in [0.25, 0.3) is 0 Å². The molecule has 0 aliphatic carbocycles. The first kappa shape index (κ1) is 14.9. The normalized spacial score (nSPS) is 20.0. The Morgan fingerprint density at radius 2 is 2.25 bits per heavy atom. The van der Waals surface area contributed by atoms with Gasteiger partial charge in [-0.2, -0.15) is 0 Å². The van der Waals surface area contributed by atoms with Gasteiger partial charge in [-0.25, -0.2) is 0 Å². The van der Waals surface area contributed by atoms with Crippen molar-refractivity contribution in [2.75, 3.05) is 25.5 Å². The lowest BCUT2D eigenvalue weighted by Crippen LogP contribution is -2.29. The molecular formula is C14H19N3O2S. The van der Waals surface area contributed by atoms with Crippen molar-refractivity contribution in [2.45, 2.75) is 12.5 Å². The van der Waals surface area contributed by atoms with Crippen molar-refractivity contribution in [3.63, 3.8) is 0 Å². The van der Waals surface area contributed by atoms with Crippen LogP contribution in [0, 0.1) is 0 Å². The van der Waals surface area contributed by atoms with Crippen molar-refractivity contribution >= 4 is 22.8 Å². The van der Waals surface area contributed by atoms with Crippen LogP contribution >= 0.6 is 11.8 Å². The highest BCUT2D eigenvalue weighted by molar-refractivity contribution is 8.14. The number of carbonyl (C=O) groups is 1. The van der Waals surface area contributed by atoms with Crippen LogP contribution in [0.25, 0.3) is 0 Å². The molecule has 1 atom stereocenters. The third-order valence-corrected chi connectivity index (χ3v) is 3.90. The number of nitrogens with one attached hydrogen (secondary N) is 1. The van der Waals surface area contributed by atoms with Crippen molar-refractivity contribution in [1.82, 2.24) is 5.32 Å². The molecule has 2 rings (SSSR count). The molecule has 1 aliphatic rings. The molecule has 1 aromatic rings. The maximum absolute atomic E-state index is 10.5. The number of rotatable bonds is 7. The van der Waals surface area contributed by atoms with Gasteiger partial charge in [-0.1, -0.05) is 42.1 Å². The molecule has 1 amide bonds. The highest BCUT2D eigenvalue weighted by Crippen LogP contribution is 2.17. The summed E-state index contributed by atoms with van der Waals surface area (Å²) in [6, 6.07) is 10.8. The Bertz CT molecular complexity index is 465. The van der Waals surface area contributed by atoms with Crippen molar-refractivity contribution in [2.24, 2.45) is 10.7 Å². The number of hydrogen-bond donors (Lipinski definition) is 2. The number of carbonyl (C=O) groups excluding carboxylic acids is 1. The van der Waals surface area contributed by atoms with E-state index in [1.54, 1.807) is 11.8 Å². The minimum Gasteiger partial charge on any atom is -0.370 e. The standard InChI is InChI=1S/C14H19N3O2S/c15-13(18)9-19-7-6-16-14-17-12(10-20-14)8-11-4-2-1-3-5-11/h1-5,12H,6-10H2,(H2,15,18)(H,16,17). The van der Waals surface area contributed by atoms with Gasteiger partial charge in [0.05, 0.1) is 13.2 Å². The predicted octanol–water partition coefficient (Wildman–Crippen LogP) is 0.792. The fourth-order valence-electron chi connectivity index (χ4n) is 1.92. The third kappa shape index (κ3) is 5.22. The second kappa shape index (κ2) is 7.91. The summed E-state index contributed by atoms with van der Waals surface area (Å²) >= 11 is 1.73. The number of primary amides is 1. The van der Waals surface area contributed by atoms with Gasteiger partial charge < -0.3 is 15.8 Å². The van der Waals surface area contributed by atoms with Gasteiger partial charge >= 0.3 is 0 Å². The molecule has 1 heterocycles. The quantitative estimate of drug-likeness (QED) is 0.729. The average molecular weight is 293 g/mol. The fourth-order valence-corrected chi connectivity index (χ4v) is 2.91. The van der Waals surface area contributed by atoms with Gasteiger partial charge in [0.1, 0.15) is 6.61 Å². The zero-order valence-corrected chi connectivity index (χ0v) is 12.1. The molecule has 108 valence electrons. The molecule has 1 aromatic carbocycles. The first-order valence-corrected chi connectivity index (χ1v) is 7.56. The Hall–Kier alpha value is -1.53. The van der Waals surface area contributed by atoms with Gasteiger partial charge in [0.2, 0.25) is 5.91 Å². The van der Waals surface area contributed by atoms with Crippen LogP contribution in [0.15, 0.2) is 35.3 Å². The molecule has 0 saturated carbocycles. The van der Waals surface area contributed by atoms with E-state index in [0.29, 0.717) is 19.2 Å². The Kier molecular flexibility index (Phi) is 5.88. The van der Waals surface area contributed by atoms with Crippen LogP contribution in [-0.2, 0) is 16.0 Å². The second-order valence-electron chi connectivity index (χ2n) is 4.55. The summed E-state index contributed by atoms with van der Waals surface area (Å²) < 4.78 is 5.06. The summed E-state index contributed by atoms with van der Waals surface area (Å²) in [6.45, 7) is 0.917. The Morgan fingerprint density at radius 3 is 3.00 bits per heavy atom. The van der Waals surface area contributed by atoms with E-state index in [4.69, 9.17) is 10.5 Å². The summed E-state index contributed by atoms with van der Waals surface area (Å²) in [5.74, 6) is 0.574. The number of hydrogen-bond acceptors (Lipinski definition) is 4. The van der Waals surface area contributed by atoms with Gasteiger partial charge in [0, 0.05) is 11.8 Å². The molecule has 0 bridgehead atoms. The largest absolute Gasteiger partial charge is 0.370 e. The highest BCUT2D eigenvalue weighted by Gasteiger charge is 2.19. The van der Waals surface area contributed by atoms with E-state index in [9.17, 15) is 4.79 Å². The van der Waals surface area contributed by atoms with Crippen molar-refractivity contribution < 1.29 is 9.53 Å². The molecule has 0 spiro atoms. The molecule has 1 aliphatic heterocycles. The maximum Gasteiger partial charge on any atom is 0.243 e. The lowest BCUT2D eigenvalue weighted by Gasteiger charge is -2.09. The third-order valence-electron chi connectivity index (χ3n) is 2.81. The monoisotopic (exact) mass is 293 g/mol. The van der Waals surface area contributed by atoms with E-state index in [2.05, 4.69) is 34.6 Å². The summed E-state index contributed by atoms with van der Waals surface area (Å²) in [4.78, 5) is 14.9. The number of nitrogens with zero attached hydrogens (tertiary/aromatic N) is 1. The molecule has 20 heavy (non-hydrogen) atoms. The number of amides is 1. The van der Waals surface area contributed by atoms with Crippen LogP contribution in [0.4, 0.5) is 0 Å². The average Bonchev–Trinajstić information content (AvgIpc) is 2.87. The molecule has 1 fully saturated rings. The van der Waals surface area contributed by atoms with Crippen molar-refractivity contribution in [1.29, 1.82) is 0 Å². The topological polar surface area (TPSA) is 76.7 Å². The Morgan fingerprint density at radius 1 is 1.45 bits per heavy atom. The van der Waals surface area contributed by atoms with Crippen molar-refractivity contribution in [3.8, 4) is 0 Å². The SMILES string of the molecule is NC(=O)COCCN=C1NC(Cc2ccccc2)CS1. The first-order valence-electron chi connectivity index (χ1n) is 6.58. The van der Waals surface area contributed by atoms with E-state index in [1.165, 1.54) is 5.56 Å². The molecule has 6 heteroatoms.